The lowest BCUT2D eigenvalue weighted by Crippen LogP contribution is -2.58. The summed E-state index contributed by atoms with van der Waals surface area (Å²) in [4.78, 5) is 0. The van der Waals surface area contributed by atoms with E-state index >= 15 is 0 Å². The summed E-state index contributed by atoms with van der Waals surface area (Å²) in [6, 6.07) is 0. The fourth-order valence-corrected chi connectivity index (χ4v) is 1.08. The molecule has 1 unspecified atom stereocenters. The van der Waals surface area contributed by atoms with Gasteiger partial charge in [-0.25, -0.2) is 0 Å². The monoisotopic (exact) mass is 180 g/mol. The van der Waals surface area contributed by atoms with E-state index in [1.54, 1.807) is 0 Å². The molecular weight excluding hydrogens is 168 g/mol. The molecule has 0 aliphatic carbocycles. The fraction of sp³-hybridized carbons (Fsp3) is 1.00. The third kappa shape index (κ3) is 1.58. The number of hydrogen-bond acceptors (Lipinski definition) is 6. The molecule has 72 valence electrons. The quantitative estimate of drug-likeness (QED) is 0.290. The Morgan fingerprint density at radius 3 is 2.00 bits per heavy atom. The molecule has 0 spiro atoms. The van der Waals surface area contributed by atoms with Crippen LogP contribution in [0.15, 0.2) is 0 Å². The maximum Gasteiger partial charge on any atom is 0.184 e. The van der Waals surface area contributed by atoms with Gasteiger partial charge in [-0.2, -0.15) is 0 Å². The molecule has 1 aliphatic heterocycles. The summed E-state index contributed by atoms with van der Waals surface area (Å²) < 4.78 is 4.58. The summed E-state index contributed by atoms with van der Waals surface area (Å²) in [7, 11) is 0. The predicted molar refractivity (Wildman–Crippen MR) is 36.0 cm³/mol. The van der Waals surface area contributed by atoms with Gasteiger partial charge in [0.25, 0.3) is 0 Å². The van der Waals surface area contributed by atoms with Crippen molar-refractivity contribution in [3.8, 4) is 0 Å². The van der Waals surface area contributed by atoms with Crippen molar-refractivity contribution in [3.63, 3.8) is 0 Å². The first-order chi connectivity index (χ1) is 5.57. The van der Waals surface area contributed by atoms with Crippen molar-refractivity contribution >= 4 is 0 Å². The Morgan fingerprint density at radius 2 is 1.50 bits per heavy atom. The van der Waals surface area contributed by atoms with Crippen LogP contribution in [0.1, 0.15) is 0 Å². The normalized spacial score (nSPS) is 49.2. The largest absolute Gasteiger partial charge is 0.394 e. The lowest BCUT2D eigenvalue weighted by atomic mass is 10.00. The van der Waals surface area contributed by atoms with Crippen molar-refractivity contribution in [3.05, 3.63) is 0 Å². The van der Waals surface area contributed by atoms with Crippen LogP contribution in [0, 0.1) is 0 Å². The first kappa shape index (κ1) is 9.85. The number of hydrogen-bond donors (Lipinski definition) is 5. The van der Waals surface area contributed by atoms with Gasteiger partial charge in [0.1, 0.15) is 24.4 Å². The van der Waals surface area contributed by atoms with E-state index in [1.807, 2.05) is 0 Å². The molecule has 0 aromatic carbocycles. The van der Waals surface area contributed by atoms with Crippen molar-refractivity contribution in [2.75, 3.05) is 6.61 Å². The topological polar surface area (TPSA) is 110 Å². The van der Waals surface area contributed by atoms with Gasteiger partial charge >= 0.3 is 0 Å². The zero-order chi connectivity index (χ0) is 9.30. The Bertz CT molecular complexity index is 146. The van der Waals surface area contributed by atoms with E-state index in [1.165, 1.54) is 0 Å². The Balaban J connectivity index is 2.63. The molecule has 5 N–H and O–H groups in total. The molecule has 5 atom stereocenters. The predicted octanol–water partition coefficient (Wildman–Crippen LogP) is -3.22. The summed E-state index contributed by atoms with van der Waals surface area (Å²) >= 11 is 0. The van der Waals surface area contributed by atoms with Gasteiger partial charge in [-0.3, -0.25) is 0 Å². The second-order valence-corrected chi connectivity index (χ2v) is 2.72. The van der Waals surface area contributed by atoms with Gasteiger partial charge in [0.05, 0.1) is 6.61 Å². The molecule has 1 rings (SSSR count). The van der Waals surface area contributed by atoms with Gasteiger partial charge in [-0.05, 0) is 0 Å². The van der Waals surface area contributed by atoms with Crippen LogP contribution in [0.3, 0.4) is 0 Å². The first-order valence-corrected chi connectivity index (χ1v) is 3.56. The van der Waals surface area contributed by atoms with Crippen molar-refractivity contribution in [2.24, 2.45) is 0 Å². The number of aliphatic hydroxyl groups excluding tert-OH is 5. The summed E-state index contributed by atoms with van der Waals surface area (Å²) in [5.74, 6) is 0. The van der Waals surface area contributed by atoms with Crippen LogP contribution < -0.4 is 0 Å². The average molecular weight is 180 g/mol. The number of rotatable bonds is 1. The highest BCUT2D eigenvalue weighted by molar-refractivity contribution is 4.87. The van der Waals surface area contributed by atoms with E-state index in [2.05, 4.69) is 4.74 Å². The maximum absolute atomic E-state index is 9.12. The summed E-state index contributed by atoms with van der Waals surface area (Å²) in [6.07, 6.45) is -7.04. The van der Waals surface area contributed by atoms with Crippen molar-refractivity contribution in [2.45, 2.75) is 30.7 Å². The van der Waals surface area contributed by atoms with E-state index in [9.17, 15) is 0 Å². The Hall–Kier alpha value is -0.240. The lowest BCUT2D eigenvalue weighted by Gasteiger charge is -2.37. The van der Waals surface area contributed by atoms with Gasteiger partial charge in [0, 0.05) is 0 Å². The molecule has 6 nitrogen and oxygen atoms in total. The molecule has 0 bridgehead atoms. The molecule has 1 fully saturated rings. The minimum absolute atomic E-state index is 0.526. The average Bonchev–Trinajstić information content (AvgIpc) is 2.08. The van der Waals surface area contributed by atoms with Gasteiger partial charge in [-0.1, -0.05) is 0 Å². The highest BCUT2D eigenvalue weighted by Gasteiger charge is 2.42. The second-order valence-electron chi connectivity index (χ2n) is 2.72. The van der Waals surface area contributed by atoms with Gasteiger partial charge in [0.15, 0.2) is 6.29 Å². The molecule has 0 saturated carbocycles. The standard InChI is InChI=1S/C6H12O6/c7-1-2-3(8)4(9)5(10)6(11)12-2/h2-11H,1H2/t2-,3-,4?,5-,6+/m1/s1. The minimum atomic E-state index is -1.57. The molecule has 1 aliphatic rings. The molecule has 12 heavy (non-hydrogen) atoms. The van der Waals surface area contributed by atoms with Crippen LogP contribution in [0.5, 0.6) is 0 Å². The second kappa shape index (κ2) is 3.65. The Morgan fingerprint density at radius 1 is 0.917 bits per heavy atom. The molecule has 0 amide bonds. The zero-order valence-corrected chi connectivity index (χ0v) is 6.24. The molecule has 1 heterocycles. The third-order valence-electron chi connectivity index (χ3n) is 1.87. The van der Waals surface area contributed by atoms with Crippen molar-refractivity contribution < 1.29 is 30.3 Å². The summed E-state index contributed by atoms with van der Waals surface area (Å²) in [6.45, 7) is -0.526. The number of aliphatic hydroxyl groups is 5. The summed E-state index contributed by atoms with van der Waals surface area (Å²) in [5, 5.41) is 44.7. The van der Waals surface area contributed by atoms with Crippen LogP contribution in [-0.4, -0.2) is 62.8 Å². The van der Waals surface area contributed by atoms with E-state index in [-0.39, 0.29) is 0 Å². The minimum Gasteiger partial charge on any atom is -0.394 e. The molecule has 0 aromatic rings. The summed E-state index contributed by atoms with van der Waals surface area (Å²) in [5.41, 5.74) is 0. The highest BCUT2D eigenvalue weighted by atomic mass is 16.6. The smallest absolute Gasteiger partial charge is 0.184 e. The van der Waals surface area contributed by atoms with Crippen LogP contribution in [0.2, 0.25) is 0 Å². The Labute approximate surface area is 68.6 Å². The van der Waals surface area contributed by atoms with Gasteiger partial charge in [-0.15, -0.1) is 0 Å². The number of ether oxygens (including phenoxy) is 1. The molecule has 0 radical (unpaired) electrons. The van der Waals surface area contributed by atoms with Crippen molar-refractivity contribution in [1.29, 1.82) is 0 Å². The van der Waals surface area contributed by atoms with Crippen LogP contribution in [-0.2, 0) is 4.74 Å². The lowest BCUT2D eigenvalue weighted by molar-refractivity contribution is -0.286. The highest BCUT2D eigenvalue weighted by Crippen LogP contribution is 2.18. The molecule has 0 aromatic heterocycles. The van der Waals surface area contributed by atoms with Gasteiger partial charge < -0.3 is 30.3 Å². The van der Waals surface area contributed by atoms with E-state index in [0.29, 0.717) is 0 Å². The third-order valence-corrected chi connectivity index (χ3v) is 1.87. The van der Waals surface area contributed by atoms with Crippen LogP contribution in [0.4, 0.5) is 0 Å². The van der Waals surface area contributed by atoms with Crippen molar-refractivity contribution in [1.82, 2.24) is 0 Å². The van der Waals surface area contributed by atoms with Crippen LogP contribution in [0.25, 0.3) is 0 Å². The SMILES string of the molecule is OC[C@H]1O[C@H](O)[C@H](O)C(O)[C@@H]1O. The van der Waals surface area contributed by atoms with Gasteiger partial charge in [0.2, 0.25) is 0 Å². The maximum atomic E-state index is 9.12. The Kier molecular flexibility index (Phi) is 2.99. The van der Waals surface area contributed by atoms with E-state index < -0.39 is 37.3 Å². The van der Waals surface area contributed by atoms with Crippen LogP contribution >= 0.6 is 0 Å². The molecule has 1 saturated heterocycles. The first-order valence-electron chi connectivity index (χ1n) is 3.56. The molecular formula is C6H12O6. The fourth-order valence-electron chi connectivity index (χ4n) is 1.08. The van der Waals surface area contributed by atoms with E-state index in [4.69, 9.17) is 25.5 Å². The zero-order valence-electron chi connectivity index (χ0n) is 6.24. The van der Waals surface area contributed by atoms with E-state index in [0.717, 1.165) is 0 Å². The molecule has 6 heteroatoms.